The van der Waals surface area contributed by atoms with Crippen LogP contribution in [-0.4, -0.2) is 205 Å². The maximum Gasteiger partial charge on any atom is 0.410 e. The van der Waals surface area contributed by atoms with Crippen LogP contribution in [0.15, 0.2) is 88.7 Å². The molecule has 3 saturated heterocycles. The summed E-state index contributed by atoms with van der Waals surface area (Å²) in [6, 6.07) is 14.5. The summed E-state index contributed by atoms with van der Waals surface area (Å²) in [5.41, 5.74) is 7.39. The Morgan fingerprint density at radius 2 is 0.798 bits per heavy atom. The fraction of sp³-hybridized carbons (Fsp3) is 0.597. The molecule has 628 valence electrons. The molecule has 12 rings (SSSR count). The Morgan fingerprint density at radius 3 is 1.08 bits per heavy atom. The van der Waals surface area contributed by atoms with Crippen molar-refractivity contribution in [1.82, 2.24) is 59.6 Å². The van der Waals surface area contributed by atoms with Gasteiger partial charge in [0.25, 0.3) is 0 Å². The highest BCUT2D eigenvalue weighted by Crippen LogP contribution is 2.37. The van der Waals surface area contributed by atoms with Gasteiger partial charge < -0.3 is 64.2 Å². The van der Waals surface area contributed by atoms with E-state index in [1.54, 1.807) is 85.7 Å². The van der Waals surface area contributed by atoms with E-state index in [1.165, 1.54) is 56.4 Å². The number of aryl methyl sites for hydroxylation is 3. The van der Waals surface area contributed by atoms with Crippen LogP contribution in [0.2, 0.25) is 5.15 Å². The molecule has 6 aromatic rings. The number of pyridine rings is 3. The van der Waals surface area contributed by atoms with E-state index in [2.05, 4.69) is 74.1 Å². The third-order valence-corrected chi connectivity index (χ3v) is 24.3. The Hall–Kier alpha value is -8.80. The lowest BCUT2D eigenvalue weighted by atomic mass is 10.1. The number of carbonyl (C=O) groups is 4. The molecule has 37 heteroatoms. The van der Waals surface area contributed by atoms with Crippen LogP contribution >= 0.6 is 23.2 Å². The van der Waals surface area contributed by atoms with Gasteiger partial charge in [-0.05, 0) is 165 Å². The lowest BCUT2D eigenvalue weighted by molar-refractivity contribution is 0.0111. The molecule has 0 spiro atoms. The summed E-state index contributed by atoms with van der Waals surface area (Å²) in [5.74, 6) is 2.34. The first-order valence-corrected chi connectivity index (χ1v) is 43.9. The molecular formula is C77H111Cl2N15O17S3. The van der Waals surface area contributed by atoms with Gasteiger partial charge in [-0.1, -0.05) is 44.7 Å². The van der Waals surface area contributed by atoms with Gasteiger partial charge in [0.1, 0.15) is 65.3 Å². The zero-order valence-electron chi connectivity index (χ0n) is 67.8. The van der Waals surface area contributed by atoms with Crippen molar-refractivity contribution in [2.24, 2.45) is 0 Å². The Balaban J connectivity index is 0.000000208. The van der Waals surface area contributed by atoms with Crippen LogP contribution in [0.4, 0.5) is 47.9 Å². The minimum Gasteiger partial charge on any atom is -0.474 e. The van der Waals surface area contributed by atoms with E-state index < -0.39 is 46.1 Å². The van der Waals surface area contributed by atoms with Gasteiger partial charge in [0.15, 0.2) is 44.6 Å². The highest BCUT2D eigenvalue weighted by Gasteiger charge is 2.41. The zero-order chi connectivity index (χ0) is 83.9. The van der Waals surface area contributed by atoms with E-state index in [0.29, 0.717) is 159 Å². The largest absolute Gasteiger partial charge is 0.474 e. The van der Waals surface area contributed by atoms with Crippen LogP contribution in [0.25, 0.3) is 0 Å². The third-order valence-electron chi connectivity index (χ3n) is 17.5. The van der Waals surface area contributed by atoms with Crippen LogP contribution < -0.4 is 30.6 Å². The number of ether oxygens (including phenoxy) is 7. The molecule has 32 nitrogen and oxygen atoms in total. The van der Waals surface area contributed by atoms with Gasteiger partial charge in [-0.25, -0.2) is 89.3 Å². The first-order valence-electron chi connectivity index (χ1n) is 38.5. The van der Waals surface area contributed by atoms with Gasteiger partial charge in [0, 0.05) is 108 Å². The predicted octanol–water partition coefficient (Wildman–Crippen LogP) is 14.7. The average Bonchev–Trinajstić information content (AvgIpc) is 1.64. The quantitative estimate of drug-likeness (QED) is 0.0363. The number of hydrogen-bond donors (Lipinski definition) is 3. The molecule has 0 radical (unpaired) electrons. The third kappa shape index (κ3) is 30.8. The molecule has 0 bridgehead atoms. The van der Waals surface area contributed by atoms with Crippen molar-refractivity contribution in [2.45, 2.75) is 273 Å². The van der Waals surface area contributed by atoms with Crippen molar-refractivity contribution < 1.29 is 77.6 Å². The lowest BCUT2D eigenvalue weighted by Gasteiger charge is -2.33. The number of rotatable bonds is 20. The van der Waals surface area contributed by atoms with Crippen LogP contribution in [0.1, 0.15) is 196 Å². The van der Waals surface area contributed by atoms with Gasteiger partial charge >= 0.3 is 23.7 Å². The van der Waals surface area contributed by atoms with Crippen LogP contribution in [0, 0.1) is 20.8 Å². The summed E-state index contributed by atoms with van der Waals surface area (Å²) in [6.07, 6.45) is 15.5. The molecule has 6 fully saturated rings. The zero-order valence-corrected chi connectivity index (χ0v) is 71.7. The van der Waals surface area contributed by atoms with E-state index in [-0.39, 0.29) is 79.6 Å². The van der Waals surface area contributed by atoms with Crippen molar-refractivity contribution in [3.05, 3.63) is 95.8 Å². The Kier molecular flexibility index (Phi) is 34.2. The van der Waals surface area contributed by atoms with Crippen molar-refractivity contribution >= 4 is 105 Å². The molecule has 9 heterocycles. The van der Waals surface area contributed by atoms with Gasteiger partial charge in [-0.15, -0.1) is 0 Å². The number of anilines is 5. The molecule has 0 atom stereocenters. The van der Waals surface area contributed by atoms with Crippen LogP contribution in [0.3, 0.4) is 0 Å². The smallest absolute Gasteiger partial charge is 0.410 e. The summed E-state index contributed by atoms with van der Waals surface area (Å²) in [4.78, 5) is 88.3. The number of nitrogens with two attached hydrogens (primary N) is 1. The molecule has 3 amide bonds. The summed E-state index contributed by atoms with van der Waals surface area (Å²) in [5, 5.41) is 6.25. The molecule has 4 N–H and O–H groups in total. The molecule has 0 aromatic carbocycles. The highest BCUT2D eigenvalue weighted by molar-refractivity contribution is 7.92. The molecule has 0 unspecified atom stereocenters. The highest BCUT2D eigenvalue weighted by atomic mass is 35.5. The number of amides is 3. The second kappa shape index (κ2) is 42.2. The molecule has 3 aliphatic carbocycles. The Morgan fingerprint density at radius 1 is 0.474 bits per heavy atom. The average molecular weight is 1690 g/mol. The molecule has 114 heavy (non-hydrogen) atoms. The monoisotopic (exact) mass is 1680 g/mol. The maximum absolute atomic E-state index is 12.4. The number of hydrogen-bond acceptors (Lipinski definition) is 29. The minimum atomic E-state index is -3.34. The Labute approximate surface area is 680 Å². The number of nitrogen functional groups attached to an aromatic ring is 1. The van der Waals surface area contributed by atoms with E-state index >= 15 is 0 Å². The van der Waals surface area contributed by atoms with E-state index in [4.69, 9.17) is 57.4 Å². The summed E-state index contributed by atoms with van der Waals surface area (Å²) in [6.45, 7) is 31.4. The first-order chi connectivity index (χ1) is 53.6. The van der Waals surface area contributed by atoms with Gasteiger partial charge in [-0.3, -0.25) is 0 Å². The second-order valence-corrected chi connectivity index (χ2v) is 37.8. The second-order valence-electron chi connectivity index (χ2n) is 30.6. The first kappa shape index (κ1) is 92.4. The number of nitrogens with zero attached hydrogens (tertiary/aromatic N) is 12. The molecular weight excluding hydrogens is 1570 g/mol. The SMILES string of the molecule is CC(C)(C)OC(=O)N1CCC(Oc2cc(Cl)ncn2)CC1.CC(C)OC(=O)Cl.CCCCC.Cc1nc(S(=O)(=O)C2CC2)ccc1N.Cc1nc(S(=O)(=O)C2CC2)ccc1Nc1cc(OC2CCN(C(=O)OC(C)(C)C)CC2)ncn1.Cc1nc(S(=O)(=O)C2CC2)ccc1Nc1cc(OC2CCN(C(=O)OC(C)C)CC2)ncn1. The number of nitrogens with one attached hydrogen (secondary N) is 2. The molecule has 6 aromatic heterocycles. The van der Waals surface area contributed by atoms with Gasteiger partial charge in [0.05, 0.1) is 62.1 Å². The van der Waals surface area contributed by atoms with Crippen molar-refractivity contribution in [3.63, 3.8) is 0 Å². The summed E-state index contributed by atoms with van der Waals surface area (Å²) in [7, 11) is -9.84. The topological polar surface area (TPSA) is 411 Å². The normalized spacial score (nSPS) is 16.2. The van der Waals surface area contributed by atoms with E-state index in [1.807, 2.05) is 55.4 Å². The number of carbonyl (C=O) groups excluding carboxylic acids is 4. The van der Waals surface area contributed by atoms with E-state index in [9.17, 15) is 44.4 Å². The summed E-state index contributed by atoms with van der Waals surface area (Å²) >= 11 is 10.6. The molecule has 3 aliphatic heterocycles. The number of sulfone groups is 3. The predicted molar refractivity (Wildman–Crippen MR) is 432 cm³/mol. The molecule has 6 aliphatic rings. The maximum atomic E-state index is 12.4. The number of halogens is 2. The van der Waals surface area contributed by atoms with Crippen LogP contribution in [-0.2, 0) is 48.5 Å². The van der Waals surface area contributed by atoms with Crippen molar-refractivity contribution in [1.29, 1.82) is 0 Å². The number of likely N-dealkylation sites (tertiary alicyclic amines) is 3. The van der Waals surface area contributed by atoms with Gasteiger partial charge in [0.2, 0.25) is 17.6 Å². The summed E-state index contributed by atoms with van der Waals surface area (Å²) < 4.78 is 111. The minimum absolute atomic E-state index is 0.0228. The van der Waals surface area contributed by atoms with Crippen molar-refractivity contribution in [2.75, 3.05) is 55.6 Å². The fourth-order valence-electron chi connectivity index (χ4n) is 11.1. The number of aromatic nitrogens is 9. The molecule has 3 saturated carbocycles. The lowest BCUT2D eigenvalue weighted by Crippen LogP contribution is -2.44. The Bertz CT molecular complexity index is 4520. The number of unbranched alkanes of at least 4 members (excludes halogenated alkanes) is 2. The number of piperidine rings is 3. The fourth-order valence-corrected chi connectivity index (χ4v) is 16.2. The standard InChI is InChI=1S/C23H31N5O5S.C22H29N5O5S.C14H20ClN3O3.C9H12N2O2S.C5H12.C4H7ClO2/c1-15-18(7-8-21(26-15)34(30,31)17-5-6-17)27-19-13-20(25-14-24-19)32-16-9-11-28(12-10-16)22(29)33-23(2,3)4;1-14(2)31-22(28)27-10-8-16(9-11-27)32-20-12-19(23-13-24-20)26-18-6-7-21(25-15(18)3)33(29,30)17-4-5-17;1-14(2,3)21-13(19)18-6-4-10(5-7-18)20-12-8-11(15)16-9-17-12;1-6-8(10)4-5-9(11-6)14(12,13)7-2-3-7;1-3-5-4-2;1-3(2)7-4(5)6/h7-8,13-14,16-17H,5-6,9-12H2,1-4H3,(H,24,25,27);6-7,12-14,16-17H,4-5,8-11H2,1-3H3,(H,23,24,26);8-10H,4-7H2,1-3H3;4-5,7H,2-3,10H2,1H3;3-5H2,1-2H3;3H,1-2H3. The van der Waals surface area contributed by atoms with Gasteiger partial charge in [-0.2, -0.15) is 0 Å². The van der Waals surface area contributed by atoms with E-state index in [0.717, 1.165) is 25.7 Å². The van der Waals surface area contributed by atoms with Crippen LogP contribution in [0.5, 0.6) is 17.6 Å². The van der Waals surface area contributed by atoms with Crippen molar-refractivity contribution in [3.8, 4) is 17.6 Å².